The molecule has 22 heavy (non-hydrogen) atoms. The Balaban J connectivity index is 1.95. The van der Waals surface area contributed by atoms with E-state index in [0.717, 1.165) is 32.1 Å². The van der Waals surface area contributed by atoms with Gasteiger partial charge in [0.25, 0.3) is 0 Å². The Bertz CT molecular complexity index is 850. The first-order chi connectivity index (χ1) is 10.6. The molecule has 1 aliphatic heterocycles. The van der Waals surface area contributed by atoms with E-state index in [4.69, 9.17) is 0 Å². The number of aryl methyl sites for hydroxylation is 1. The van der Waals surface area contributed by atoms with Gasteiger partial charge in [0, 0.05) is 26.2 Å². The van der Waals surface area contributed by atoms with Gasteiger partial charge in [-0.05, 0) is 25.6 Å². The van der Waals surface area contributed by atoms with Gasteiger partial charge in [0.15, 0.2) is 5.65 Å². The third-order valence-electron chi connectivity index (χ3n) is 4.28. The molecule has 1 fully saturated rings. The van der Waals surface area contributed by atoms with Crippen molar-refractivity contribution in [1.29, 1.82) is 0 Å². The monoisotopic (exact) mass is 300 g/mol. The van der Waals surface area contributed by atoms with Crippen LogP contribution in [0.5, 0.6) is 0 Å². The summed E-state index contributed by atoms with van der Waals surface area (Å²) in [6.07, 6.45) is 1.46. The summed E-state index contributed by atoms with van der Waals surface area (Å²) in [5.41, 5.74) is 1.74. The summed E-state index contributed by atoms with van der Waals surface area (Å²) in [6, 6.07) is 3.60. The van der Waals surface area contributed by atoms with Crippen LogP contribution in [-0.2, 0) is 0 Å². The smallest absolute Gasteiger partial charge is 0.229 e. The molecule has 0 radical (unpaired) electrons. The number of anilines is 1. The average Bonchev–Trinajstić information content (AvgIpc) is 3.00. The summed E-state index contributed by atoms with van der Waals surface area (Å²) in [4.78, 5) is 13.4. The lowest BCUT2D eigenvalue weighted by atomic mass is 10.1. The predicted octanol–water partition coefficient (Wildman–Crippen LogP) is 1.48. The average molecular weight is 300 g/mol. The Morgan fingerprint density at radius 2 is 1.91 bits per heavy atom. The molecule has 1 aromatic carbocycles. The second kappa shape index (κ2) is 4.88. The Hall–Kier alpha value is -2.28. The quantitative estimate of drug-likeness (QED) is 0.681. The fourth-order valence-electron chi connectivity index (χ4n) is 2.90. The molecule has 3 heterocycles. The first-order valence-electron chi connectivity index (χ1n) is 7.37. The number of likely N-dealkylation sites (N-methyl/N-ethyl adjacent to an activating group) is 1. The zero-order valence-electron chi connectivity index (χ0n) is 12.6. The zero-order valence-corrected chi connectivity index (χ0v) is 12.6. The lowest BCUT2D eigenvalue weighted by Crippen LogP contribution is -2.45. The van der Waals surface area contributed by atoms with E-state index in [1.54, 1.807) is 17.5 Å². The molecule has 4 rings (SSSR count). The van der Waals surface area contributed by atoms with E-state index in [0.29, 0.717) is 22.1 Å². The first kappa shape index (κ1) is 13.4. The molecule has 2 aromatic heterocycles. The van der Waals surface area contributed by atoms with Gasteiger partial charge in [-0.3, -0.25) is 0 Å². The van der Waals surface area contributed by atoms with Gasteiger partial charge in [0.2, 0.25) is 5.95 Å². The van der Waals surface area contributed by atoms with Crippen LogP contribution in [0.4, 0.5) is 10.3 Å². The lowest BCUT2D eigenvalue weighted by molar-refractivity contribution is 0.310. The topological polar surface area (TPSA) is 49.6 Å². The maximum absolute atomic E-state index is 14.5. The van der Waals surface area contributed by atoms with Gasteiger partial charge in [0.1, 0.15) is 12.1 Å². The molecule has 1 aliphatic rings. The summed E-state index contributed by atoms with van der Waals surface area (Å²) in [7, 11) is 2.11. The van der Waals surface area contributed by atoms with Gasteiger partial charge in [-0.1, -0.05) is 6.07 Å². The molecule has 0 unspecified atom stereocenters. The molecule has 0 N–H and O–H groups in total. The molecule has 0 saturated carbocycles. The van der Waals surface area contributed by atoms with Gasteiger partial charge in [-0.25, -0.2) is 14.4 Å². The standard InChI is InChI=1S/C15H17FN6/c1-10-3-4-11-12(13(10)16)14-17-9-18-22(14)15(19-11)21-7-5-20(2)6-8-21/h3-4,9H,5-8H2,1-2H3. The van der Waals surface area contributed by atoms with Crippen LogP contribution >= 0.6 is 0 Å². The molecule has 0 aliphatic carbocycles. The van der Waals surface area contributed by atoms with Crippen molar-refractivity contribution in [2.24, 2.45) is 0 Å². The van der Waals surface area contributed by atoms with Crippen LogP contribution in [0.1, 0.15) is 5.56 Å². The van der Waals surface area contributed by atoms with E-state index in [-0.39, 0.29) is 5.82 Å². The third kappa shape index (κ3) is 1.93. The van der Waals surface area contributed by atoms with Crippen molar-refractivity contribution in [2.45, 2.75) is 6.92 Å². The van der Waals surface area contributed by atoms with Crippen LogP contribution < -0.4 is 4.90 Å². The van der Waals surface area contributed by atoms with Crippen LogP contribution in [0.25, 0.3) is 16.6 Å². The highest BCUT2D eigenvalue weighted by molar-refractivity contribution is 5.93. The number of benzene rings is 1. The van der Waals surface area contributed by atoms with Crippen LogP contribution in [0.15, 0.2) is 18.5 Å². The molecule has 1 saturated heterocycles. The minimum atomic E-state index is -0.270. The summed E-state index contributed by atoms with van der Waals surface area (Å²) in [6.45, 7) is 5.43. The maximum atomic E-state index is 14.5. The van der Waals surface area contributed by atoms with E-state index in [1.165, 1.54) is 6.33 Å². The number of aromatic nitrogens is 4. The Labute approximate surface area is 127 Å². The molecule has 0 atom stereocenters. The molecular formula is C15H17FN6. The molecule has 3 aromatic rings. The summed E-state index contributed by atoms with van der Waals surface area (Å²) in [5.74, 6) is 0.462. The van der Waals surface area contributed by atoms with E-state index in [1.807, 2.05) is 6.07 Å². The van der Waals surface area contributed by atoms with Gasteiger partial charge < -0.3 is 9.80 Å². The summed E-state index contributed by atoms with van der Waals surface area (Å²) >= 11 is 0. The fourth-order valence-corrected chi connectivity index (χ4v) is 2.90. The second-order valence-electron chi connectivity index (χ2n) is 5.79. The van der Waals surface area contributed by atoms with E-state index in [2.05, 4.69) is 31.9 Å². The molecule has 0 amide bonds. The highest BCUT2D eigenvalue weighted by Crippen LogP contribution is 2.26. The fraction of sp³-hybridized carbons (Fsp3) is 0.400. The SMILES string of the molecule is Cc1ccc2nc(N3CCN(C)CC3)n3ncnc3c2c1F. The normalized spacial score (nSPS) is 16.8. The number of halogens is 1. The van der Waals surface area contributed by atoms with E-state index in [9.17, 15) is 4.39 Å². The molecule has 114 valence electrons. The maximum Gasteiger partial charge on any atom is 0.229 e. The van der Waals surface area contributed by atoms with Gasteiger partial charge >= 0.3 is 0 Å². The number of nitrogens with zero attached hydrogens (tertiary/aromatic N) is 6. The highest BCUT2D eigenvalue weighted by Gasteiger charge is 2.21. The van der Waals surface area contributed by atoms with Gasteiger partial charge in [-0.2, -0.15) is 9.61 Å². The predicted molar refractivity (Wildman–Crippen MR) is 82.7 cm³/mol. The number of rotatable bonds is 1. The molecule has 6 nitrogen and oxygen atoms in total. The first-order valence-corrected chi connectivity index (χ1v) is 7.37. The molecule has 0 spiro atoms. The minimum absolute atomic E-state index is 0.270. The van der Waals surface area contributed by atoms with Crippen molar-refractivity contribution in [1.82, 2.24) is 24.5 Å². The Morgan fingerprint density at radius 1 is 1.14 bits per heavy atom. The highest BCUT2D eigenvalue weighted by atomic mass is 19.1. The number of hydrogen-bond donors (Lipinski definition) is 0. The van der Waals surface area contributed by atoms with Crippen LogP contribution in [0.2, 0.25) is 0 Å². The third-order valence-corrected chi connectivity index (χ3v) is 4.28. The largest absolute Gasteiger partial charge is 0.338 e. The summed E-state index contributed by atoms with van der Waals surface area (Å²) in [5, 5.41) is 4.70. The van der Waals surface area contributed by atoms with Gasteiger partial charge in [0.05, 0.1) is 10.9 Å². The van der Waals surface area contributed by atoms with Crippen LogP contribution in [0.3, 0.4) is 0 Å². The Kier molecular flexibility index (Phi) is 2.97. The van der Waals surface area contributed by atoms with E-state index >= 15 is 0 Å². The number of fused-ring (bicyclic) bond motifs is 3. The van der Waals surface area contributed by atoms with Crippen molar-refractivity contribution >= 4 is 22.5 Å². The molecular weight excluding hydrogens is 283 g/mol. The van der Waals surface area contributed by atoms with Crippen molar-refractivity contribution in [3.63, 3.8) is 0 Å². The summed E-state index contributed by atoms with van der Waals surface area (Å²) < 4.78 is 16.1. The molecule has 0 bridgehead atoms. The number of hydrogen-bond acceptors (Lipinski definition) is 5. The second-order valence-corrected chi connectivity index (χ2v) is 5.79. The minimum Gasteiger partial charge on any atom is -0.338 e. The van der Waals surface area contributed by atoms with Gasteiger partial charge in [-0.15, -0.1) is 0 Å². The number of piperazine rings is 1. The van der Waals surface area contributed by atoms with Crippen molar-refractivity contribution in [2.75, 3.05) is 38.1 Å². The van der Waals surface area contributed by atoms with Crippen molar-refractivity contribution < 1.29 is 4.39 Å². The molecule has 7 heteroatoms. The van der Waals surface area contributed by atoms with Crippen LogP contribution in [0, 0.1) is 12.7 Å². The van der Waals surface area contributed by atoms with Crippen molar-refractivity contribution in [3.05, 3.63) is 29.8 Å². The van der Waals surface area contributed by atoms with E-state index < -0.39 is 0 Å². The van der Waals surface area contributed by atoms with Crippen molar-refractivity contribution in [3.8, 4) is 0 Å². The Morgan fingerprint density at radius 3 is 2.68 bits per heavy atom. The van der Waals surface area contributed by atoms with Crippen LogP contribution in [-0.4, -0.2) is 57.7 Å². The lowest BCUT2D eigenvalue weighted by Gasteiger charge is -2.33. The zero-order chi connectivity index (χ0) is 15.3.